The summed E-state index contributed by atoms with van der Waals surface area (Å²) in [5, 5.41) is 11.6. The van der Waals surface area contributed by atoms with Gasteiger partial charge in [0, 0.05) is 11.7 Å². The van der Waals surface area contributed by atoms with Crippen LogP contribution in [0.4, 0.5) is 10.5 Å². The smallest absolute Gasteiger partial charge is 0.323 e. The number of hydrogen-bond donors (Lipinski definition) is 2. The van der Waals surface area contributed by atoms with Crippen molar-refractivity contribution in [2.45, 2.75) is 33.7 Å². The molecule has 1 aromatic carbocycles. The molecule has 0 atom stereocenters. The van der Waals surface area contributed by atoms with E-state index in [1.165, 1.54) is 4.90 Å². The largest absolute Gasteiger partial charge is 0.480 e. The fraction of sp³-hybridized carbons (Fsp3) is 0.429. The fourth-order valence-electron chi connectivity index (χ4n) is 1.82. The Morgan fingerprint density at radius 1 is 1.26 bits per heavy atom. The minimum absolute atomic E-state index is 0.180. The maximum absolute atomic E-state index is 12.1. The average Bonchev–Trinajstić information content (AvgIpc) is 2.30. The van der Waals surface area contributed by atoms with Gasteiger partial charge < -0.3 is 15.3 Å². The van der Waals surface area contributed by atoms with Crippen LogP contribution >= 0.6 is 0 Å². The molecule has 0 saturated heterocycles. The second-order valence-electron chi connectivity index (χ2n) is 4.81. The summed E-state index contributed by atoms with van der Waals surface area (Å²) < 4.78 is 0. The lowest BCUT2D eigenvalue weighted by Crippen LogP contribution is -2.43. The molecule has 0 fully saturated rings. The van der Waals surface area contributed by atoms with Crippen LogP contribution in [-0.4, -0.2) is 34.6 Å². The van der Waals surface area contributed by atoms with Crippen molar-refractivity contribution in [2.75, 3.05) is 11.9 Å². The lowest BCUT2D eigenvalue weighted by Gasteiger charge is -2.26. The molecule has 5 nitrogen and oxygen atoms in total. The Morgan fingerprint density at radius 2 is 1.79 bits per heavy atom. The normalized spacial score (nSPS) is 10.4. The summed E-state index contributed by atoms with van der Waals surface area (Å²) in [5.41, 5.74) is 2.64. The highest BCUT2D eigenvalue weighted by Gasteiger charge is 2.20. The predicted octanol–water partition coefficient (Wildman–Crippen LogP) is 2.63. The van der Waals surface area contributed by atoms with Crippen molar-refractivity contribution in [2.24, 2.45) is 0 Å². The SMILES string of the molecule is Cc1cccc(C)c1NC(=O)N(CC(=O)O)C(C)C. The Kier molecular flexibility index (Phi) is 4.92. The Labute approximate surface area is 113 Å². The van der Waals surface area contributed by atoms with E-state index >= 15 is 0 Å². The quantitative estimate of drug-likeness (QED) is 0.878. The topological polar surface area (TPSA) is 69.6 Å². The van der Waals surface area contributed by atoms with Gasteiger partial charge in [0.2, 0.25) is 0 Å². The Bertz CT molecular complexity index is 463. The summed E-state index contributed by atoms with van der Waals surface area (Å²) in [4.78, 5) is 24.2. The zero-order chi connectivity index (χ0) is 14.6. The summed E-state index contributed by atoms with van der Waals surface area (Å²) in [6, 6.07) is 5.15. The highest BCUT2D eigenvalue weighted by Crippen LogP contribution is 2.20. The minimum Gasteiger partial charge on any atom is -0.480 e. The van der Waals surface area contributed by atoms with E-state index in [-0.39, 0.29) is 12.6 Å². The van der Waals surface area contributed by atoms with Crippen LogP contribution in [0.2, 0.25) is 0 Å². The van der Waals surface area contributed by atoms with E-state index in [9.17, 15) is 9.59 Å². The number of carboxylic acid groups (broad SMARTS) is 1. The molecular formula is C14H20N2O3. The molecule has 0 spiro atoms. The molecule has 2 amide bonds. The number of rotatable bonds is 4. The molecule has 0 heterocycles. The first kappa shape index (κ1) is 15.0. The molecule has 1 aromatic rings. The van der Waals surface area contributed by atoms with Crippen molar-refractivity contribution in [1.29, 1.82) is 0 Å². The molecule has 19 heavy (non-hydrogen) atoms. The van der Waals surface area contributed by atoms with Crippen molar-refractivity contribution < 1.29 is 14.7 Å². The van der Waals surface area contributed by atoms with E-state index in [0.717, 1.165) is 16.8 Å². The van der Waals surface area contributed by atoms with Gasteiger partial charge in [-0.15, -0.1) is 0 Å². The number of urea groups is 1. The van der Waals surface area contributed by atoms with Gasteiger partial charge in [-0.05, 0) is 38.8 Å². The summed E-state index contributed by atoms with van der Waals surface area (Å²) in [6.07, 6.45) is 0. The number of hydrogen-bond acceptors (Lipinski definition) is 2. The van der Waals surface area contributed by atoms with Gasteiger partial charge >= 0.3 is 12.0 Å². The first-order chi connectivity index (χ1) is 8.82. The summed E-state index contributed by atoms with van der Waals surface area (Å²) in [5.74, 6) is -1.02. The zero-order valence-electron chi connectivity index (χ0n) is 11.7. The number of carbonyl (C=O) groups is 2. The molecule has 0 aliphatic rings. The molecule has 104 valence electrons. The van der Waals surface area contributed by atoms with Crippen molar-refractivity contribution in [1.82, 2.24) is 4.90 Å². The van der Waals surface area contributed by atoms with Gasteiger partial charge in [0.25, 0.3) is 0 Å². The van der Waals surface area contributed by atoms with E-state index in [1.54, 1.807) is 13.8 Å². The number of aliphatic carboxylic acids is 1. The highest BCUT2D eigenvalue weighted by molar-refractivity contribution is 5.93. The Morgan fingerprint density at radius 3 is 2.21 bits per heavy atom. The van der Waals surface area contributed by atoms with Crippen LogP contribution in [-0.2, 0) is 4.79 Å². The molecule has 1 rings (SSSR count). The summed E-state index contributed by atoms with van der Waals surface area (Å²) in [6.45, 7) is 7.06. The molecule has 0 aliphatic carbocycles. The Balaban J connectivity index is 2.90. The summed E-state index contributed by atoms with van der Waals surface area (Å²) >= 11 is 0. The number of carboxylic acids is 1. The van der Waals surface area contributed by atoms with Gasteiger partial charge in [0.15, 0.2) is 0 Å². The average molecular weight is 264 g/mol. The molecule has 0 unspecified atom stereocenters. The van der Waals surface area contributed by atoms with E-state index in [1.807, 2.05) is 32.0 Å². The maximum Gasteiger partial charge on any atom is 0.323 e. The first-order valence-corrected chi connectivity index (χ1v) is 6.18. The van der Waals surface area contributed by atoms with Crippen LogP contribution in [0.15, 0.2) is 18.2 Å². The number of nitrogens with one attached hydrogen (secondary N) is 1. The molecule has 5 heteroatoms. The molecule has 0 radical (unpaired) electrons. The lowest BCUT2D eigenvalue weighted by molar-refractivity contribution is -0.137. The molecule has 0 aliphatic heterocycles. The van der Waals surface area contributed by atoms with Crippen molar-refractivity contribution in [3.63, 3.8) is 0 Å². The van der Waals surface area contributed by atoms with Gasteiger partial charge in [0.05, 0.1) is 0 Å². The van der Waals surface area contributed by atoms with Crippen LogP contribution in [0.25, 0.3) is 0 Å². The predicted molar refractivity (Wildman–Crippen MR) is 74.4 cm³/mol. The van der Waals surface area contributed by atoms with E-state index in [4.69, 9.17) is 5.11 Å². The molecule has 0 aromatic heterocycles. The van der Waals surface area contributed by atoms with E-state index in [2.05, 4.69) is 5.32 Å². The van der Waals surface area contributed by atoms with Gasteiger partial charge in [-0.3, -0.25) is 4.79 Å². The van der Waals surface area contributed by atoms with E-state index < -0.39 is 12.0 Å². The summed E-state index contributed by atoms with van der Waals surface area (Å²) in [7, 11) is 0. The van der Waals surface area contributed by atoms with Gasteiger partial charge in [-0.25, -0.2) is 4.79 Å². The monoisotopic (exact) mass is 264 g/mol. The van der Waals surface area contributed by atoms with Crippen molar-refractivity contribution in [3.8, 4) is 0 Å². The molecule has 0 saturated carbocycles. The third kappa shape index (κ3) is 3.98. The lowest BCUT2D eigenvalue weighted by atomic mass is 10.1. The van der Waals surface area contributed by atoms with Crippen LogP contribution in [0.3, 0.4) is 0 Å². The number of aryl methyl sites for hydroxylation is 2. The fourth-order valence-corrected chi connectivity index (χ4v) is 1.82. The number of amides is 2. The second-order valence-corrected chi connectivity index (χ2v) is 4.81. The third-order valence-electron chi connectivity index (χ3n) is 2.90. The number of carbonyl (C=O) groups excluding carboxylic acids is 1. The number of nitrogens with zero attached hydrogens (tertiary/aromatic N) is 1. The zero-order valence-corrected chi connectivity index (χ0v) is 11.7. The highest BCUT2D eigenvalue weighted by atomic mass is 16.4. The van der Waals surface area contributed by atoms with Crippen LogP contribution in [0.1, 0.15) is 25.0 Å². The standard InChI is InChI=1S/C14H20N2O3/c1-9(2)16(8-12(17)18)14(19)15-13-10(3)6-5-7-11(13)4/h5-7,9H,8H2,1-4H3,(H,15,19)(H,17,18). The van der Waals surface area contributed by atoms with Crippen LogP contribution < -0.4 is 5.32 Å². The minimum atomic E-state index is -1.02. The maximum atomic E-state index is 12.1. The third-order valence-corrected chi connectivity index (χ3v) is 2.90. The number of benzene rings is 1. The van der Waals surface area contributed by atoms with Crippen LogP contribution in [0, 0.1) is 13.8 Å². The number of anilines is 1. The number of para-hydroxylation sites is 1. The second kappa shape index (κ2) is 6.22. The van der Waals surface area contributed by atoms with Crippen molar-refractivity contribution >= 4 is 17.7 Å². The molecular weight excluding hydrogens is 244 g/mol. The first-order valence-electron chi connectivity index (χ1n) is 6.18. The molecule has 0 bridgehead atoms. The van der Waals surface area contributed by atoms with Gasteiger partial charge in [-0.1, -0.05) is 18.2 Å². The van der Waals surface area contributed by atoms with Crippen LogP contribution in [0.5, 0.6) is 0 Å². The Hall–Kier alpha value is -2.04. The van der Waals surface area contributed by atoms with Gasteiger partial charge in [-0.2, -0.15) is 0 Å². The van der Waals surface area contributed by atoms with E-state index in [0.29, 0.717) is 0 Å². The molecule has 2 N–H and O–H groups in total. The van der Waals surface area contributed by atoms with Gasteiger partial charge in [0.1, 0.15) is 6.54 Å². The van der Waals surface area contributed by atoms with Crippen molar-refractivity contribution in [3.05, 3.63) is 29.3 Å².